The fourth-order valence-electron chi connectivity index (χ4n) is 5.34. The molecule has 0 saturated heterocycles. The molecule has 6 rings (SSSR count). The second kappa shape index (κ2) is 13.8. The van der Waals surface area contributed by atoms with Gasteiger partial charge in [-0.15, -0.1) is 0 Å². The summed E-state index contributed by atoms with van der Waals surface area (Å²) in [5.74, 6) is 0.843. The minimum atomic E-state index is -1.81. The van der Waals surface area contributed by atoms with Crippen molar-refractivity contribution in [1.82, 2.24) is 3.56 Å². The van der Waals surface area contributed by atoms with Gasteiger partial charge in [0.15, 0.2) is 0 Å². The molecule has 5 aromatic carbocycles. The van der Waals surface area contributed by atoms with E-state index >= 15 is 0 Å². The molecule has 41 heavy (non-hydrogen) atoms. The van der Waals surface area contributed by atoms with E-state index in [0.717, 1.165) is 40.1 Å². The number of hydrogen-bond acceptors (Lipinski definition) is 2. The Hall–Kier alpha value is -2.95. The van der Waals surface area contributed by atoms with Crippen molar-refractivity contribution in [1.29, 1.82) is 0 Å². The van der Waals surface area contributed by atoms with Gasteiger partial charge >= 0.3 is 152 Å². The minimum Gasteiger partial charge on any atom is -1.00 e. The quantitative estimate of drug-likeness (QED) is 0.0939. The van der Waals surface area contributed by atoms with Gasteiger partial charge in [0.1, 0.15) is 0 Å². The number of halogens is 1. The van der Waals surface area contributed by atoms with Gasteiger partial charge in [-0.3, -0.25) is 0 Å². The fourth-order valence-corrected chi connectivity index (χ4v) is 11.8. The molecule has 0 fully saturated rings. The number of aromatic nitrogens is 1. The summed E-state index contributed by atoms with van der Waals surface area (Å²) in [6.07, 6.45) is 3.12. The molecule has 0 N–H and O–H groups in total. The third kappa shape index (κ3) is 6.29. The third-order valence-electron chi connectivity index (χ3n) is 7.31. The topological polar surface area (TPSA) is 31.2 Å². The van der Waals surface area contributed by atoms with Gasteiger partial charge in [-0.2, -0.15) is 0 Å². The standard InChI is InChI=1S/C35H31NO2PSe.HI/c37-35-33-20-10-11-21-34(33)40-36(35)28-22-24-29(25-23-28)38-26-12-13-27-39(30-14-4-1-5-15-30,31-16-6-2-7-17-31)32-18-8-3-9-19-32;/h1-11,14-25H,12-13,26-27H2;1H/q+1;/p-1. The van der Waals surface area contributed by atoms with Crippen molar-refractivity contribution in [3.8, 4) is 11.4 Å². The van der Waals surface area contributed by atoms with E-state index in [-0.39, 0.29) is 44.3 Å². The first-order valence-electron chi connectivity index (χ1n) is 13.6. The molecule has 3 nitrogen and oxygen atoms in total. The summed E-state index contributed by atoms with van der Waals surface area (Å²) in [7, 11) is -1.81. The van der Waals surface area contributed by atoms with Crippen LogP contribution in [0, 0.1) is 0 Å². The van der Waals surface area contributed by atoms with Gasteiger partial charge in [0, 0.05) is 0 Å². The molecule has 0 amide bonds. The van der Waals surface area contributed by atoms with Gasteiger partial charge in [0.2, 0.25) is 0 Å². The molecule has 1 aromatic heterocycles. The van der Waals surface area contributed by atoms with Crippen LogP contribution < -0.4 is 50.2 Å². The van der Waals surface area contributed by atoms with Crippen molar-refractivity contribution in [2.75, 3.05) is 12.8 Å². The molecule has 0 bridgehead atoms. The molecular formula is C35H31INO2PSe. The molecule has 0 aliphatic heterocycles. The zero-order valence-corrected chi connectivity index (χ0v) is 27.4. The van der Waals surface area contributed by atoms with Crippen LogP contribution in [0.15, 0.2) is 144 Å². The van der Waals surface area contributed by atoms with Crippen LogP contribution in [0.3, 0.4) is 0 Å². The van der Waals surface area contributed by atoms with E-state index in [1.165, 1.54) is 15.9 Å². The van der Waals surface area contributed by atoms with E-state index < -0.39 is 7.26 Å². The van der Waals surface area contributed by atoms with Crippen molar-refractivity contribution in [3.63, 3.8) is 0 Å². The smallest absolute Gasteiger partial charge is 1.00 e. The number of nitrogens with zero attached hydrogens (tertiary/aromatic N) is 1. The summed E-state index contributed by atoms with van der Waals surface area (Å²) in [6.45, 7) is 0.662. The summed E-state index contributed by atoms with van der Waals surface area (Å²) in [5.41, 5.74) is 1.02. The van der Waals surface area contributed by atoms with Gasteiger partial charge in [0.05, 0.1) is 0 Å². The van der Waals surface area contributed by atoms with E-state index in [4.69, 9.17) is 4.74 Å². The molecule has 0 spiro atoms. The predicted octanol–water partition coefficient (Wildman–Crippen LogP) is 3.20. The molecule has 6 aromatic rings. The largest absolute Gasteiger partial charge is 1.00 e. The number of benzene rings is 5. The van der Waals surface area contributed by atoms with Gasteiger partial charge in [-0.1, -0.05) is 54.6 Å². The Morgan fingerprint density at radius 1 is 0.610 bits per heavy atom. The Kier molecular flexibility index (Phi) is 9.95. The Bertz CT molecular complexity index is 1640. The van der Waals surface area contributed by atoms with E-state index in [1.54, 1.807) is 0 Å². The first-order valence-corrected chi connectivity index (χ1v) is 17.2. The van der Waals surface area contributed by atoms with Crippen molar-refractivity contribution < 1.29 is 28.7 Å². The van der Waals surface area contributed by atoms with Crippen LogP contribution in [-0.4, -0.2) is 31.1 Å². The molecule has 0 atom stereocenters. The molecular weight excluding hydrogens is 703 g/mol. The average molecular weight is 734 g/mol. The van der Waals surface area contributed by atoms with E-state index in [1.807, 2.05) is 46.0 Å². The molecule has 0 unspecified atom stereocenters. The Labute approximate surface area is 265 Å². The van der Waals surface area contributed by atoms with Gasteiger partial charge in [-0.25, -0.2) is 0 Å². The van der Waals surface area contributed by atoms with Gasteiger partial charge in [0.25, 0.3) is 0 Å². The molecule has 6 heteroatoms. The second-order valence-electron chi connectivity index (χ2n) is 9.78. The molecule has 0 saturated carbocycles. The SMILES string of the molecule is O=c1c2ccccc2[se]n1-c1ccc(OCCCC[P+](c2ccccc2)(c2ccccc2)c2ccccc2)cc1.[I-]. The molecule has 206 valence electrons. The van der Waals surface area contributed by atoms with Crippen LogP contribution in [0.5, 0.6) is 5.75 Å². The fraction of sp³-hybridized carbons (Fsp3) is 0.114. The Morgan fingerprint density at radius 2 is 1.12 bits per heavy atom. The molecule has 0 aliphatic rings. The van der Waals surface area contributed by atoms with Crippen LogP contribution >= 0.6 is 7.26 Å². The molecule has 0 aliphatic carbocycles. The van der Waals surface area contributed by atoms with Crippen molar-refractivity contribution in [2.45, 2.75) is 12.8 Å². The van der Waals surface area contributed by atoms with E-state index in [0.29, 0.717) is 6.61 Å². The van der Waals surface area contributed by atoms with Crippen LogP contribution in [0.2, 0.25) is 0 Å². The summed E-state index contributed by atoms with van der Waals surface area (Å²) in [5, 5.41) is 5.08. The van der Waals surface area contributed by atoms with Gasteiger partial charge in [-0.05, 0) is 36.4 Å². The maximum atomic E-state index is 12.8. The monoisotopic (exact) mass is 735 g/mol. The van der Waals surface area contributed by atoms with Crippen molar-refractivity contribution in [2.24, 2.45) is 0 Å². The van der Waals surface area contributed by atoms with Crippen molar-refractivity contribution >= 4 is 47.6 Å². The summed E-state index contributed by atoms with van der Waals surface area (Å²) >= 11 is -0.0259. The normalized spacial score (nSPS) is 11.2. The van der Waals surface area contributed by atoms with Gasteiger partial charge < -0.3 is 24.0 Å². The maximum absolute atomic E-state index is 12.8. The Morgan fingerprint density at radius 3 is 1.66 bits per heavy atom. The number of hydrogen-bond donors (Lipinski definition) is 0. The van der Waals surface area contributed by atoms with Crippen LogP contribution in [0.4, 0.5) is 0 Å². The first-order chi connectivity index (χ1) is 19.8. The number of unbranched alkanes of at least 4 members (excludes halogenated alkanes) is 1. The maximum Gasteiger partial charge on any atom is -1.00 e. The number of rotatable bonds is 10. The summed E-state index contributed by atoms with van der Waals surface area (Å²) in [6, 6.07) is 49.0. The first kappa shape index (κ1) is 29.5. The number of ether oxygens (including phenoxy) is 1. The number of fused-ring (bicyclic) bond motifs is 1. The third-order valence-corrected chi connectivity index (χ3v) is 14.2. The minimum absolute atomic E-state index is 0. The predicted molar refractivity (Wildman–Crippen MR) is 171 cm³/mol. The summed E-state index contributed by atoms with van der Waals surface area (Å²) in [4.78, 5) is 12.8. The van der Waals surface area contributed by atoms with E-state index in [2.05, 4.69) is 97.1 Å². The van der Waals surface area contributed by atoms with Crippen LogP contribution in [0.1, 0.15) is 12.8 Å². The van der Waals surface area contributed by atoms with Crippen LogP contribution in [-0.2, 0) is 0 Å². The molecule has 0 radical (unpaired) electrons. The van der Waals surface area contributed by atoms with Crippen molar-refractivity contribution in [3.05, 3.63) is 150 Å². The average Bonchev–Trinajstić information content (AvgIpc) is 3.37. The zero-order chi connectivity index (χ0) is 27.2. The van der Waals surface area contributed by atoms with E-state index in [9.17, 15) is 4.79 Å². The molecule has 1 heterocycles. The summed E-state index contributed by atoms with van der Waals surface area (Å²) < 4.78 is 9.19. The second-order valence-corrected chi connectivity index (χ2v) is 15.5. The zero-order valence-electron chi connectivity index (χ0n) is 22.6. The Balaban J connectivity index is 0.00000337. The van der Waals surface area contributed by atoms with Crippen LogP contribution in [0.25, 0.3) is 15.3 Å².